The van der Waals surface area contributed by atoms with Crippen LogP contribution in [0.2, 0.25) is 5.15 Å². The average molecular weight is 218 g/mol. The van der Waals surface area contributed by atoms with Crippen LogP contribution in [0.3, 0.4) is 0 Å². The first-order valence-electron chi connectivity index (χ1n) is 3.57. The zero-order chi connectivity index (χ0) is 9.68. The third-order valence-corrected chi connectivity index (χ3v) is 2.53. The second kappa shape index (κ2) is 5.02. The van der Waals surface area contributed by atoms with Crippen LogP contribution in [0.1, 0.15) is 5.56 Å². The van der Waals surface area contributed by atoms with E-state index in [1.165, 1.54) is 11.5 Å². The third-order valence-electron chi connectivity index (χ3n) is 1.35. The number of aromatic nitrogens is 1. The summed E-state index contributed by atoms with van der Waals surface area (Å²) >= 11 is 6.84. The summed E-state index contributed by atoms with van der Waals surface area (Å²) in [5.74, 6) is 0. The Bertz CT molecular complexity index is 320. The first-order valence-corrected chi connectivity index (χ1v) is 4.72. The molecule has 1 aromatic rings. The molecular weight excluding hydrogens is 210 g/mol. The van der Waals surface area contributed by atoms with Crippen molar-refractivity contribution < 1.29 is 4.74 Å². The number of nitrogens with one attached hydrogen (secondary N) is 1. The molecule has 70 valence electrons. The molecule has 0 unspecified atom stereocenters. The lowest BCUT2D eigenvalue weighted by Crippen LogP contribution is -2.07. The van der Waals surface area contributed by atoms with E-state index >= 15 is 0 Å². The molecule has 0 aliphatic heterocycles. The molecule has 0 atom stereocenters. The summed E-state index contributed by atoms with van der Waals surface area (Å²) in [5.41, 5.74) is 0.405. The fourth-order valence-corrected chi connectivity index (χ4v) is 1.71. The lowest BCUT2D eigenvalue weighted by Gasteiger charge is -2.01. The van der Waals surface area contributed by atoms with E-state index < -0.39 is 0 Å². The van der Waals surface area contributed by atoms with Gasteiger partial charge in [-0.15, -0.1) is 0 Å². The number of hydrogen-bond acceptors (Lipinski definition) is 5. The van der Waals surface area contributed by atoms with Crippen molar-refractivity contribution in [2.24, 2.45) is 0 Å². The van der Waals surface area contributed by atoms with Gasteiger partial charge in [0.15, 0.2) is 5.15 Å². The van der Waals surface area contributed by atoms with E-state index in [-0.39, 0.29) is 5.15 Å². The van der Waals surface area contributed by atoms with Crippen molar-refractivity contribution >= 4 is 28.1 Å². The summed E-state index contributed by atoms with van der Waals surface area (Å²) in [6, 6.07) is 1.98. The molecule has 0 fully saturated rings. The number of halogens is 1. The molecule has 1 heterocycles. The van der Waals surface area contributed by atoms with Crippen LogP contribution < -0.4 is 5.32 Å². The lowest BCUT2D eigenvalue weighted by molar-refractivity contribution is 0.211. The Labute approximate surface area is 85.3 Å². The molecule has 13 heavy (non-hydrogen) atoms. The van der Waals surface area contributed by atoms with Gasteiger partial charge in [-0.2, -0.15) is 9.64 Å². The van der Waals surface area contributed by atoms with E-state index in [1.807, 2.05) is 6.07 Å². The number of methoxy groups -OCH3 is 1. The summed E-state index contributed by atoms with van der Waals surface area (Å²) in [7, 11) is 1.62. The first-order chi connectivity index (χ1) is 6.29. The van der Waals surface area contributed by atoms with Gasteiger partial charge in [0.1, 0.15) is 16.6 Å². The van der Waals surface area contributed by atoms with Gasteiger partial charge in [-0.05, 0) is 11.5 Å². The third kappa shape index (κ3) is 2.56. The van der Waals surface area contributed by atoms with Crippen LogP contribution in [0.25, 0.3) is 0 Å². The number of nitrogens with zero attached hydrogens (tertiary/aromatic N) is 2. The molecule has 0 aliphatic rings. The highest BCUT2D eigenvalue weighted by atomic mass is 35.5. The molecular formula is C7H8ClN3OS. The molecule has 1 N–H and O–H groups in total. The van der Waals surface area contributed by atoms with E-state index in [0.29, 0.717) is 23.7 Å². The summed E-state index contributed by atoms with van der Waals surface area (Å²) in [4.78, 5) is 0. The predicted octanol–water partition coefficient (Wildman–Crippen LogP) is 1.73. The van der Waals surface area contributed by atoms with Crippen molar-refractivity contribution in [2.75, 3.05) is 25.6 Å². The van der Waals surface area contributed by atoms with Crippen LogP contribution in [0.4, 0.5) is 5.00 Å². The van der Waals surface area contributed by atoms with Crippen LogP contribution in [0.15, 0.2) is 0 Å². The average Bonchev–Trinajstić information content (AvgIpc) is 2.47. The summed E-state index contributed by atoms with van der Waals surface area (Å²) in [6.07, 6.45) is 0. The molecule has 0 spiro atoms. The van der Waals surface area contributed by atoms with Crippen LogP contribution >= 0.6 is 23.1 Å². The second-order valence-electron chi connectivity index (χ2n) is 2.21. The van der Waals surface area contributed by atoms with Gasteiger partial charge in [0.05, 0.1) is 6.61 Å². The smallest absolute Gasteiger partial charge is 0.162 e. The fourth-order valence-electron chi connectivity index (χ4n) is 0.755. The molecule has 1 rings (SSSR count). The highest BCUT2D eigenvalue weighted by Crippen LogP contribution is 2.26. The zero-order valence-corrected chi connectivity index (χ0v) is 8.58. The van der Waals surface area contributed by atoms with Gasteiger partial charge in [0, 0.05) is 13.7 Å². The minimum absolute atomic E-state index is 0.257. The van der Waals surface area contributed by atoms with Crippen LogP contribution in [-0.2, 0) is 4.74 Å². The van der Waals surface area contributed by atoms with Crippen LogP contribution in [0, 0.1) is 11.3 Å². The van der Waals surface area contributed by atoms with Gasteiger partial charge < -0.3 is 10.1 Å². The minimum Gasteiger partial charge on any atom is -0.383 e. The summed E-state index contributed by atoms with van der Waals surface area (Å²) in [5, 5.41) is 12.7. The Kier molecular flexibility index (Phi) is 3.96. The van der Waals surface area contributed by atoms with Gasteiger partial charge >= 0.3 is 0 Å². The molecule has 0 bridgehead atoms. The number of hydrogen-bond donors (Lipinski definition) is 1. The second-order valence-corrected chi connectivity index (χ2v) is 3.34. The largest absolute Gasteiger partial charge is 0.383 e. The van der Waals surface area contributed by atoms with Gasteiger partial charge in [-0.3, -0.25) is 0 Å². The molecule has 0 saturated carbocycles. The molecule has 6 heteroatoms. The van der Waals surface area contributed by atoms with Crippen LogP contribution in [0.5, 0.6) is 0 Å². The Balaban J connectivity index is 2.62. The number of ether oxygens (including phenoxy) is 1. The standard InChI is InChI=1S/C7H8ClN3OS/c1-12-3-2-10-7-5(4-9)6(8)11-13-7/h10H,2-3H2,1H3. The molecule has 0 aromatic carbocycles. The maximum atomic E-state index is 8.71. The maximum absolute atomic E-state index is 8.71. The van der Waals surface area contributed by atoms with Crippen molar-refractivity contribution in [2.45, 2.75) is 0 Å². The number of anilines is 1. The maximum Gasteiger partial charge on any atom is 0.162 e. The molecule has 0 saturated heterocycles. The van der Waals surface area contributed by atoms with E-state index in [1.54, 1.807) is 7.11 Å². The van der Waals surface area contributed by atoms with Crippen LogP contribution in [-0.4, -0.2) is 24.6 Å². The molecule has 1 aromatic heterocycles. The van der Waals surface area contributed by atoms with Gasteiger partial charge in [-0.25, -0.2) is 0 Å². The van der Waals surface area contributed by atoms with E-state index in [9.17, 15) is 0 Å². The zero-order valence-electron chi connectivity index (χ0n) is 7.00. The van der Waals surface area contributed by atoms with Crippen molar-refractivity contribution in [3.8, 4) is 6.07 Å². The Hall–Kier alpha value is -0.830. The normalized spacial score (nSPS) is 9.62. The Morgan fingerprint density at radius 2 is 2.54 bits per heavy atom. The predicted molar refractivity (Wildman–Crippen MR) is 52.2 cm³/mol. The Morgan fingerprint density at radius 1 is 1.77 bits per heavy atom. The van der Waals surface area contributed by atoms with E-state index in [0.717, 1.165) is 0 Å². The fraction of sp³-hybridized carbons (Fsp3) is 0.429. The quantitative estimate of drug-likeness (QED) is 0.781. The van der Waals surface area contributed by atoms with E-state index in [2.05, 4.69) is 9.69 Å². The monoisotopic (exact) mass is 217 g/mol. The minimum atomic E-state index is 0.257. The molecule has 0 amide bonds. The number of nitriles is 1. The molecule has 4 nitrogen and oxygen atoms in total. The molecule has 0 aliphatic carbocycles. The van der Waals surface area contributed by atoms with Crippen molar-refractivity contribution in [1.82, 2.24) is 4.37 Å². The van der Waals surface area contributed by atoms with Crippen molar-refractivity contribution in [1.29, 1.82) is 5.26 Å². The molecule has 0 radical (unpaired) electrons. The van der Waals surface area contributed by atoms with Gasteiger partial charge in [0.2, 0.25) is 0 Å². The van der Waals surface area contributed by atoms with Gasteiger partial charge in [0.25, 0.3) is 0 Å². The van der Waals surface area contributed by atoms with Gasteiger partial charge in [-0.1, -0.05) is 11.6 Å². The topological polar surface area (TPSA) is 57.9 Å². The first kappa shape index (κ1) is 10.3. The lowest BCUT2D eigenvalue weighted by atomic mass is 10.4. The highest BCUT2D eigenvalue weighted by molar-refractivity contribution is 7.10. The number of rotatable bonds is 4. The Morgan fingerprint density at radius 3 is 3.15 bits per heavy atom. The SMILES string of the molecule is COCCNc1snc(Cl)c1C#N. The van der Waals surface area contributed by atoms with E-state index in [4.69, 9.17) is 21.6 Å². The summed E-state index contributed by atoms with van der Waals surface area (Å²) in [6.45, 7) is 1.23. The van der Waals surface area contributed by atoms with Crippen molar-refractivity contribution in [3.63, 3.8) is 0 Å². The summed E-state index contributed by atoms with van der Waals surface area (Å²) < 4.78 is 8.70. The highest BCUT2D eigenvalue weighted by Gasteiger charge is 2.10. The van der Waals surface area contributed by atoms with Crippen molar-refractivity contribution in [3.05, 3.63) is 10.7 Å².